The van der Waals surface area contributed by atoms with E-state index in [0.29, 0.717) is 34.6 Å². The van der Waals surface area contributed by atoms with Crippen molar-refractivity contribution in [2.75, 3.05) is 24.9 Å². The molecule has 0 atom stereocenters. The fourth-order valence-corrected chi connectivity index (χ4v) is 2.62. The van der Waals surface area contributed by atoms with E-state index in [1.54, 1.807) is 38.5 Å². The zero-order chi connectivity index (χ0) is 19.4. The Hall–Kier alpha value is -3.06. The van der Waals surface area contributed by atoms with E-state index in [4.69, 9.17) is 21.1 Å². The SMILES string of the molecule is COc1ccc(OC)c(Nc2cc(C)nc(Nc3ccc(F)c(Cl)c3)n2)c1. The van der Waals surface area contributed by atoms with Gasteiger partial charge >= 0.3 is 0 Å². The van der Waals surface area contributed by atoms with Gasteiger partial charge in [-0.3, -0.25) is 0 Å². The first kappa shape index (κ1) is 18.7. The summed E-state index contributed by atoms with van der Waals surface area (Å²) in [5.41, 5.74) is 2.02. The van der Waals surface area contributed by atoms with Crippen molar-refractivity contribution in [3.05, 3.63) is 59.0 Å². The summed E-state index contributed by atoms with van der Waals surface area (Å²) in [5, 5.41) is 6.24. The normalized spacial score (nSPS) is 10.4. The quantitative estimate of drug-likeness (QED) is 0.613. The molecule has 6 nitrogen and oxygen atoms in total. The molecular formula is C19H18ClFN4O2. The van der Waals surface area contributed by atoms with E-state index in [1.807, 2.05) is 13.0 Å². The Morgan fingerprint density at radius 2 is 1.78 bits per heavy atom. The third-order valence-electron chi connectivity index (χ3n) is 3.70. The van der Waals surface area contributed by atoms with Crippen LogP contribution >= 0.6 is 11.6 Å². The first-order valence-electron chi connectivity index (χ1n) is 8.05. The van der Waals surface area contributed by atoms with Gasteiger partial charge in [-0.25, -0.2) is 9.37 Å². The maximum Gasteiger partial charge on any atom is 0.229 e. The first-order valence-corrected chi connectivity index (χ1v) is 8.43. The highest BCUT2D eigenvalue weighted by atomic mass is 35.5. The van der Waals surface area contributed by atoms with Gasteiger partial charge in [-0.1, -0.05) is 11.6 Å². The molecule has 0 spiro atoms. The summed E-state index contributed by atoms with van der Waals surface area (Å²) in [6, 6.07) is 11.5. The van der Waals surface area contributed by atoms with Crippen molar-refractivity contribution >= 4 is 34.7 Å². The van der Waals surface area contributed by atoms with Crippen molar-refractivity contribution in [3.8, 4) is 11.5 Å². The molecule has 0 unspecified atom stereocenters. The monoisotopic (exact) mass is 388 g/mol. The number of rotatable bonds is 6. The van der Waals surface area contributed by atoms with Gasteiger partial charge in [0.2, 0.25) is 5.95 Å². The molecule has 8 heteroatoms. The average Bonchev–Trinajstić information content (AvgIpc) is 2.64. The molecule has 1 aromatic heterocycles. The predicted molar refractivity (Wildman–Crippen MR) is 104 cm³/mol. The molecule has 2 N–H and O–H groups in total. The van der Waals surface area contributed by atoms with Gasteiger partial charge in [0.1, 0.15) is 23.1 Å². The van der Waals surface area contributed by atoms with Crippen molar-refractivity contribution in [2.24, 2.45) is 0 Å². The Bertz CT molecular complexity index is 968. The zero-order valence-electron chi connectivity index (χ0n) is 15.0. The number of benzene rings is 2. The van der Waals surface area contributed by atoms with E-state index in [9.17, 15) is 4.39 Å². The second-order valence-electron chi connectivity index (χ2n) is 5.66. The highest BCUT2D eigenvalue weighted by Gasteiger charge is 2.09. The summed E-state index contributed by atoms with van der Waals surface area (Å²) in [5.74, 6) is 1.75. The Morgan fingerprint density at radius 1 is 0.963 bits per heavy atom. The van der Waals surface area contributed by atoms with E-state index in [1.165, 1.54) is 12.1 Å². The Kier molecular flexibility index (Phi) is 5.61. The number of hydrogen-bond acceptors (Lipinski definition) is 6. The molecule has 0 amide bonds. The molecule has 0 aliphatic rings. The minimum Gasteiger partial charge on any atom is -0.497 e. The fraction of sp³-hybridized carbons (Fsp3) is 0.158. The standard InChI is InChI=1S/C19H18ClFN4O2/c1-11-8-18(24-16-10-13(26-2)5-7-17(16)27-3)25-19(22-11)23-12-4-6-15(21)14(20)9-12/h4-10H,1-3H3,(H2,22,23,24,25). The maximum absolute atomic E-state index is 13.3. The van der Waals surface area contributed by atoms with Crippen molar-refractivity contribution < 1.29 is 13.9 Å². The van der Waals surface area contributed by atoms with Crippen LogP contribution in [0, 0.1) is 12.7 Å². The van der Waals surface area contributed by atoms with Crippen molar-refractivity contribution in [1.82, 2.24) is 9.97 Å². The molecule has 0 aliphatic carbocycles. The van der Waals surface area contributed by atoms with Crippen molar-refractivity contribution in [1.29, 1.82) is 0 Å². The average molecular weight is 389 g/mol. The van der Waals surface area contributed by atoms with Crippen molar-refractivity contribution in [3.63, 3.8) is 0 Å². The smallest absolute Gasteiger partial charge is 0.229 e. The van der Waals surface area contributed by atoms with Gasteiger partial charge in [-0.15, -0.1) is 0 Å². The summed E-state index contributed by atoms with van der Waals surface area (Å²) in [6.45, 7) is 1.85. The van der Waals surface area contributed by atoms with Gasteiger partial charge in [-0.05, 0) is 37.3 Å². The van der Waals surface area contributed by atoms with E-state index in [2.05, 4.69) is 20.6 Å². The van der Waals surface area contributed by atoms with Crippen LogP contribution in [0.2, 0.25) is 5.02 Å². The molecule has 3 rings (SSSR count). The van der Waals surface area contributed by atoms with Gasteiger partial charge in [0.05, 0.1) is 24.9 Å². The molecule has 0 saturated heterocycles. The zero-order valence-corrected chi connectivity index (χ0v) is 15.8. The number of ether oxygens (including phenoxy) is 2. The molecule has 0 saturated carbocycles. The number of hydrogen-bond donors (Lipinski definition) is 2. The van der Waals surface area contributed by atoms with Gasteiger partial charge in [0.15, 0.2) is 0 Å². The Balaban J connectivity index is 1.88. The molecule has 0 fully saturated rings. The van der Waals surface area contributed by atoms with Crippen LogP contribution in [-0.4, -0.2) is 24.2 Å². The molecule has 0 radical (unpaired) electrons. The van der Waals surface area contributed by atoms with Crippen LogP contribution in [0.3, 0.4) is 0 Å². The second kappa shape index (κ2) is 8.09. The second-order valence-corrected chi connectivity index (χ2v) is 6.07. The number of methoxy groups -OCH3 is 2. The van der Waals surface area contributed by atoms with Crippen LogP contribution in [0.5, 0.6) is 11.5 Å². The third-order valence-corrected chi connectivity index (χ3v) is 3.99. The van der Waals surface area contributed by atoms with E-state index in [-0.39, 0.29) is 5.02 Å². The van der Waals surface area contributed by atoms with Gasteiger partial charge < -0.3 is 20.1 Å². The third kappa shape index (κ3) is 4.57. The van der Waals surface area contributed by atoms with E-state index in [0.717, 1.165) is 5.69 Å². The van der Waals surface area contributed by atoms with Crippen LogP contribution < -0.4 is 20.1 Å². The number of anilines is 4. The topological polar surface area (TPSA) is 68.3 Å². The van der Waals surface area contributed by atoms with Crippen LogP contribution in [0.4, 0.5) is 27.5 Å². The number of aryl methyl sites for hydroxylation is 1. The van der Waals surface area contributed by atoms with Gasteiger partial charge in [0, 0.05) is 23.5 Å². The lowest BCUT2D eigenvalue weighted by molar-refractivity contribution is 0.405. The van der Waals surface area contributed by atoms with Crippen molar-refractivity contribution in [2.45, 2.75) is 6.92 Å². The van der Waals surface area contributed by atoms with Crippen LogP contribution in [0.1, 0.15) is 5.69 Å². The predicted octanol–water partition coefficient (Wildman–Crippen LogP) is 5.08. The molecule has 1 heterocycles. The Morgan fingerprint density at radius 3 is 2.48 bits per heavy atom. The maximum atomic E-state index is 13.3. The van der Waals surface area contributed by atoms with Crippen LogP contribution in [0.15, 0.2) is 42.5 Å². The largest absolute Gasteiger partial charge is 0.497 e. The molecule has 27 heavy (non-hydrogen) atoms. The Labute approximate surface area is 161 Å². The van der Waals surface area contributed by atoms with E-state index < -0.39 is 5.82 Å². The van der Waals surface area contributed by atoms with E-state index >= 15 is 0 Å². The molecule has 2 aromatic carbocycles. The molecule has 140 valence electrons. The fourth-order valence-electron chi connectivity index (χ4n) is 2.44. The summed E-state index contributed by atoms with van der Waals surface area (Å²) >= 11 is 5.82. The highest BCUT2D eigenvalue weighted by Crippen LogP contribution is 2.31. The lowest BCUT2D eigenvalue weighted by Crippen LogP contribution is -2.03. The molecule has 0 aliphatic heterocycles. The lowest BCUT2D eigenvalue weighted by atomic mass is 10.2. The van der Waals surface area contributed by atoms with Crippen LogP contribution in [-0.2, 0) is 0 Å². The summed E-state index contributed by atoms with van der Waals surface area (Å²) in [4.78, 5) is 8.78. The summed E-state index contributed by atoms with van der Waals surface area (Å²) in [6.07, 6.45) is 0. The number of aromatic nitrogens is 2. The number of nitrogens with zero attached hydrogens (tertiary/aromatic N) is 2. The summed E-state index contributed by atoms with van der Waals surface area (Å²) < 4.78 is 23.9. The first-order chi connectivity index (χ1) is 13.0. The van der Waals surface area contributed by atoms with Crippen LogP contribution in [0.25, 0.3) is 0 Å². The van der Waals surface area contributed by atoms with Gasteiger partial charge in [0.25, 0.3) is 0 Å². The minimum absolute atomic E-state index is 0.0205. The molecule has 3 aromatic rings. The highest BCUT2D eigenvalue weighted by molar-refractivity contribution is 6.31. The molecular weight excluding hydrogens is 371 g/mol. The van der Waals surface area contributed by atoms with Gasteiger partial charge in [-0.2, -0.15) is 4.98 Å². The minimum atomic E-state index is -0.486. The number of nitrogens with one attached hydrogen (secondary N) is 2. The summed E-state index contributed by atoms with van der Waals surface area (Å²) in [7, 11) is 3.18. The molecule has 0 bridgehead atoms. The lowest BCUT2D eigenvalue weighted by Gasteiger charge is -2.13. The number of halogens is 2.